The minimum absolute atomic E-state index is 0.326. The molecule has 1 aromatic carbocycles. The first-order valence-corrected chi connectivity index (χ1v) is 13.6. The largest absolute Gasteiger partial charge is 0.361 e. The van der Waals surface area contributed by atoms with Crippen molar-refractivity contribution in [1.29, 1.82) is 0 Å². The van der Waals surface area contributed by atoms with Crippen LogP contribution in [0.15, 0.2) is 30.3 Å². The van der Waals surface area contributed by atoms with Gasteiger partial charge in [0.1, 0.15) is 0 Å². The van der Waals surface area contributed by atoms with Gasteiger partial charge in [0, 0.05) is 0 Å². The molecule has 0 amide bonds. The minimum atomic E-state index is -3.21. The van der Waals surface area contributed by atoms with Crippen LogP contribution in [-0.4, -0.2) is 13.2 Å². The van der Waals surface area contributed by atoms with Crippen molar-refractivity contribution in [2.75, 3.05) is 13.2 Å². The summed E-state index contributed by atoms with van der Waals surface area (Å²) in [5.41, 5.74) is 0. The van der Waals surface area contributed by atoms with E-state index in [4.69, 9.17) is 9.05 Å². The second kappa shape index (κ2) is 17.1. The van der Waals surface area contributed by atoms with Crippen LogP contribution in [0.3, 0.4) is 0 Å². The first-order valence-electron chi connectivity index (χ1n) is 12.0. The molecule has 0 N–H and O–H groups in total. The molecule has 1 atom stereocenters. The standard InChI is InChI=1S/C25H45O3P/c1-4-5-6-7-8-9-10-11-12-13-14-15-19-22-27-29(26,28-23-24(2)3)25-20-17-16-18-21-25/h16-18,20-21,24H,4-15,19,22-23H2,1-3H3. The minimum Gasteiger partial charge on any atom is -0.305 e. The third-order valence-corrected chi connectivity index (χ3v) is 7.10. The van der Waals surface area contributed by atoms with Crippen molar-refractivity contribution in [3.05, 3.63) is 30.3 Å². The normalized spacial score (nSPS) is 13.7. The van der Waals surface area contributed by atoms with Crippen LogP contribution in [0.1, 0.15) is 104 Å². The van der Waals surface area contributed by atoms with Crippen LogP contribution >= 0.6 is 7.60 Å². The van der Waals surface area contributed by atoms with Gasteiger partial charge in [-0.25, -0.2) is 0 Å². The lowest BCUT2D eigenvalue weighted by atomic mass is 10.0. The summed E-state index contributed by atoms with van der Waals surface area (Å²) in [6.07, 6.45) is 17.1. The lowest BCUT2D eigenvalue weighted by molar-refractivity contribution is 0.192. The molecular weight excluding hydrogens is 379 g/mol. The molecule has 0 aromatic heterocycles. The fourth-order valence-electron chi connectivity index (χ4n) is 3.35. The summed E-state index contributed by atoms with van der Waals surface area (Å²) in [4.78, 5) is 0. The number of unbranched alkanes of at least 4 members (excludes halogenated alkanes) is 12. The summed E-state index contributed by atoms with van der Waals surface area (Å²) in [6.45, 7) is 7.34. The maximum atomic E-state index is 13.2. The Kier molecular flexibility index (Phi) is 15.6. The van der Waals surface area contributed by atoms with Gasteiger partial charge in [-0.15, -0.1) is 0 Å². The Morgan fingerprint density at radius 2 is 1.21 bits per heavy atom. The van der Waals surface area contributed by atoms with Gasteiger partial charge in [-0.3, -0.25) is 4.57 Å². The summed E-state index contributed by atoms with van der Waals surface area (Å²) in [7, 11) is -3.21. The van der Waals surface area contributed by atoms with Crippen LogP contribution in [-0.2, 0) is 13.6 Å². The highest BCUT2D eigenvalue weighted by atomic mass is 31.2. The van der Waals surface area contributed by atoms with Gasteiger partial charge < -0.3 is 9.05 Å². The first-order chi connectivity index (χ1) is 14.1. The van der Waals surface area contributed by atoms with Crippen LogP contribution in [0, 0.1) is 5.92 Å². The predicted octanol–water partition coefficient (Wildman–Crippen LogP) is 8.29. The number of rotatable bonds is 19. The average Bonchev–Trinajstić information content (AvgIpc) is 2.73. The Bertz CT molecular complexity index is 530. The van der Waals surface area contributed by atoms with Crippen molar-refractivity contribution in [3.8, 4) is 0 Å². The van der Waals surface area contributed by atoms with Gasteiger partial charge in [0.2, 0.25) is 0 Å². The van der Waals surface area contributed by atoms with E-state index in [0.29, 0.717) is 24.4 Å². The third-order valence-electron chi connectivity index (χ3n) is 5.16. The van der Waals surface area contributed by atoms with E-state index in [1.807, 2.05) is 30.3 Å². The first kappa shape index (κ1) is 26.4. The molecule has 0 saturated heterocycles. The lowest BCUT2D eigenvalue weighted by Crippen LogP contribution is -2.13. The summed E-state index contributed by atoms with van der Waals surface area (Å²) in [5, 5.41) is 0.662. The van der Waals surface area contributed by atoms with Gasteiger partial charge in [0.05, 0.1) is 18.5 Å². The van der Waals surface area contributed by atoms with Crippen LogP contribution in [0.4, 0.5) is 0 Å². The zero-order valence-electron chi connectivity index (χ0n) is 19.2. The molecule has 0 spiro atoms. The van der Waals surface area contributed by atoms with Crippen molar-refractivity contribution < 1.29 is 13.6 Å². The number of hydrogen-bond acceptors (Lipinski definition) is 3. The highest BCUT2D eigenvalue weighted by Crippen LogP contribution is 2.47. The van der Waals surface area contributed by atoms with Crippen LogP contribution < -0.4 is 5.30 Å². The summed E-state index contributed by atoms with van der Waals surface area (Å²) in [6, 6.07) is 9.36. The molecule has 1 unspecified atom stereocenters. The van der Waals surface area contributed by atoms with Gasteiger partial charge in [0.15, 0.2) is 0 Å². The maximum absolute atomic E-state index is 13.2. The van der Waals surface area contributed by atoms with Gasteiger partial charge in [-0.2, -0.15) is 0 Å². The van der Waals surface area contributed by atoms with Crippen molar-refractivity contribution in [2.24, 2.45) is 5.92 Å². The summed E-state index contributed by atoms with van der Waals surface area (Å²) >= 11 is 0. The monoisotopic (exact) mass is 424 g/mol. The van der Waals surface area contributed by atoms with Crippen molar-refractivity contribution >= 4 is 12.9 Å². The fourth-order valence-corrected chi connectivity index (χ4v) is 5.12. The van der Waals surface area contributed by atoms with E-state index in [1.165, 1.54) is 70.6 Å². The molecule has 0 heterocycles. The molecule has 0 aliphatic carbocycles. The van der Waals surface area contributed by atoms with Crippen LogP contribution in [0.25, 0.3) is 0 Å². The van der Waals surface area contributed by atoms with Crippen molar-refractivity contribution in [1.82, 2.24) is 0 Å². The van der Waals surface area contributed by atoms with E-state index >= 15 is 0 Å². The lowest BCUT2D eigenvalue weighted by Gasteiger charge is -2.20. The molecule has 29 heavy (non-hydrogen) atoms. The van der Waals surface area contributed by atoms with E-state index in [0.717, 1.165) is 12.8 Å². The van der Waals surface area contributed by atoms with Gasteiger partial charge in [-0.1, -0.05) is 116 Å². The quantitative estimate of drug-likeness (QED) is 0.165. The fraction of sp³-hybridized carbons (Fsp3) is 0.760. The van der Waals surface area contributed by atoms with E-state index in [9.17, 15) is 4.57 Å². The molecule has 0 aliphatic rings. The molecule has 0 radical (unpaired) electrons. The Balaban J connectivity index is 2.10. The molecule has 1 aromatic rings. The topological polar surface area (TPSA) is 35.5 Å². The predicted molar refractivity (Wildman–Crippen MR) is 126 cm³/mol. The van der Waals surface area contributed by atoms with E-state index < -0.39 is 7.60 Å². The highest BCUT2D eigenvalue weighted by Gasteiger charge is 2.27. The number of benzene rings is 1. The highest BCUT2D eigenvalue weighted by molar-refractivity contribution is 7.62. The van der Waals surface area contributed by atoms with Crippen molar-refractivity contribution in [2.45, 2.75) is 104 Å². The average molecular weight is 425 g/mol. The Labute approximate surface area is 180 Å². The molecule has 0 aliphatic heterocycles. The summed E-state index contributed by atoms with van der Waals surface area (Å²) < 4.78 is 24.7. The second-order valence-corrected chi connectivity index (χ2v) is 10.6. The molecule has 4 heteroatoms. The van der Waals surface area contributed by atoms with Crippen molar-refractivity contribution in [3.63, 3.8) is 0 Å². The molecule has 0 bridgehead atoms. The zero-order valence-corrected chi connectivity index (χ0v) is 20.1. The molecular formula is C25H45O3P. The third kappa shape index (κ3) is 13.3. The Morgan fingerprint density at radius 1 is 0.724 bits per heavy atom. The SMILES string of the molecule is CCCCCCCCCCCCCCCOP(=O)(OCC(C)C)c1ccccc1. The molecule has 3 nitrogen and oxygen atoms in total. The molecule has 1 rings (SSSR count). The summed E-state index contributed by atoms with van der Waals surface area (Å²) in [5.74, 6) is 0.326. The number of hydrogen-bond donors (Lipinski definition) is 0. The molecule has 168 valence electrons. The molecule has 0 fully saturated rings. The van der Waals surface area contributed by atoms with E-state index in [-0.39, 0.29) is 0 Å². The van der Waals surface area contributed by atoms with Crippen LogP contribution in [0.5, 0.6) is 0 Å². The second-order valence-electron chi connectivity index (χ2n) is 8.60. The Morgan fingerprint density at radius 3 is 1.69 bits per heavy atom. The van der Waals surface area contributed by atoms with E-state index in [1.54, 1.807) is 0 Å². The smallest absolute Gasteiger partial charge is 0.305 e. The zero-order chi connectivity index (χ0) is 21.2. The molecule has 0 saturated carbocycles. The van der Waals surface area contributed by atoms with Gasteiger partial charge in [-0.05, 0) is 24.5 Å². The van der Waals surface area contributed by atoms with Gasteiger partial charge in [0.25, 0.3) is 0 Å². The van der Waals surface area contributed by atoms with Gasteiger partial charge >= 0.3 is 7.60 Å². The Hall–Kier alpha value is -0.630. The van der Waals surface area contributed by atoms with E-state index in [2.05, 4.69) is 20.8 Å². The maximum Gasteiger partial charge on any atom is 0.361 e. The van der Waals surface area contributed by atoms with Crippen LogP contribution in [0.2, 0.25) is 0 Å².